The summed E-state index contributed by atoms with van der Waals surface area (Å²) in [5.41, 5.74) is 5.65. The quantitative estimate of drug-likeness (QED) is 0.350. The zero-order chi connectivity index (χ0) is 19.6. The number of rotatable bonds is 7. The summed E-state index contributed by atoms with van der Waals surface area (Å²) in [6, 6.07) is 25.3. The number of hydrogen-bond acceptors (Lipinski definition) is 4. The third kappa shape index (κ3) is 5.82. The van der Waals surface area contributed by atoms with Gasteiger partial charge in [-0.3, -0.25) is 5.43 Å². The van der Waals surface area contributed by atoms with E-state index in [2.05, 4.69) is 15.8 Å². The molecular formula is C22H21N3O2S. The van der Waals surface area contributed by atoms with Gasteiger partial charge in [-0.05, 0) is 53.7 Å². The molecule has 0 bridgehead atoms. The van der Waals surface area contributed by atoms with E-state index in [0.717, 1.165) is 16.8 Å². The van der Waals surface area contributed by atoms with Crippen LogP contribution in [0.5, 0.6) is 11.5 Å². The molecule has 28 heavy (non-hydrogen) atoms. The Morgan fingerprint density at radius 3 is 2.39 bits per heavy atom. The number of anilines is 1. The van der Waals surface area contributed by atoms with Gasteiger partial charge in [-0.1, -0.05) is 48.5 Å². The Hall–Kier alpha value is -3.38. The lowest BCUT2D eigenvalue weighted by atomic mass is 10.2. The molecule has 142 valence electrons. The van der Waals surface area contributed by atoms with Gasteiger partial charge in [0.2, 0.25) is 0 Å². The predicted octanol–water partition coefficient (Wildman–Crippen LogP) is 4.59. The Morgan fingerprint density at radius 1 is 0.964 bits per heavy atom. The maximum atomic E-state index is 5.86. The first-order chi connectivity index (χ1) is 13.7. The lowest BCUT2D eigenvalue weighted by Gasteiger charge is -2.11. The van der Waals surface area contributed by atoms with Crippen LogP contribution in [0.3, 0.4) is 0 Å². The molecule has 2 N–H and O–H groups in total. The van der Waals surface area contributed by atoms with Crippen molar-refractivity contribution in [2.24, 2.45) is 5.10 Å². The van der Waals surface area contributed by atoms with Gasteiger partial charge in [0.15, 0.2) is 16.6 Å². The molecular weight excluding hydrogens is 370 g/mol. The second kappa shape index (κ2) is 10.1. The van der Waals surface area contributed by atoms with Crippen LogP contribution in [-0.4, -0.2) is 18.4 Å². The SMILES string of the molecule is COc1cc(/C=N\NC(=S)Nc2ccccc2)ccc1OCc1ccccc1. The van der Waals surface area contributed by atoms with Crippen molar-refractivity contribution in [2.45, 2.75) is 6.61 Å². The molecule has 0 spiro atoms. The molecule has 0 radical (unpaired) electrons. The molecule has 6 heteroatoms. The van der Waals surface area contributed by atoms with E-state index in [1.165, 1.54) is 0 Å². The maximum absolute atomic E-state index is 5.86. The fraction of sp³-hybridized carbons (Fsp3) is 0.0909. The minimum absolute atomic E-state index is 0.414. The number of nitrogens with zero attached hydrogens (tertiary/aromatic N) is 1. The zero-order valence-corrected chi connectivity index (χ0v) is 16.3. The molecule has 0 unspecified atom stereocenters. The van der Waals surface area contributed by atoms with Crippen molar-refractivity contribution < 1.29 is 9.47 Å². The van der Waals surface area contributed by atoms with Gasteiger partial charge < -0.3 is 14.8 Å². The van der Waals surface area contributed by atoms with Crippen LogP contribution < -0.4 is 20.2 Å². The average molecular weight is 391 g/mol. The first kappa shape index (κ1) is 19.4. The van der Waals surface area contributed by atoms with E-state index in [-0.39, 0.29) is 0 Å². The number of para-hydroxylation sites is 1. The molecule has 0 atom stereocenters. The van der Waals surface area contributed by atoms with Gasteiger partial charge in [-0.15, -0.1) is 0 Å². The second-order valence-electron chi connectivity index (χ2n) is 5.87. The monoisotopic (exact) mass is 391 g/mol. The smallest absolute Gasteiger partial charge is 0.191 e. The fourth-order valence-electron chi connectivity index (χ4n) is 2.47. The number of hydrazone groups is 1. The number of benzene rings is 3. The Morgan fingerprint density at radius 2 is 1.68 bits per heavy atom. The van der Waals surface area contributed by atoms with Gasteiger partial charge in [0, 0.05) is 5.69 Å². The van der Waals surface area contributed by atoms with E-state index in [9.17, 15) is 0 Å². The molecule has 5 nitrogen and oxygen atoms in total. The van der Waals surface area contributed by atoms with Gasteiger partial charge in [0.25, 0.3) is 0 Å². The molecule has 0 saturated heterocycles. The largest absolute Gasteiger partial charge is 0.493 e. The topological polar surface area (TPSA) is 54.9 Å². The van der Waals surface area contributed by atoms with Crippen LogP contribution in [0.4, 0.5) is 5.69 Å². The van der Waals surface area contributed by atoms with Crippen LogP contribution in [0.1, 0.15) is 11.1 Å². The van der Waals surface area contributed by atoms with E-state index < -0.39 is 0 Å². The number of thiocarbonyl (C=S) groups is 1. The van der Waals surface area contributed by atoms with Gasteiger partial charge in [0.1, 0.15) is 6.61 Å². The number of nitrogens with one attached hydrogen (secondary N) is 2. The highest BCUT2D eigenvalue weighted by Crippen LogP contribution is 2.28. The highest BCUT2D eigenvalue weighted by atomic mass is 32.1. The first-order valence-corrected chi connectivity index (χ1v) is 9.15. The second-order valence-corrected chi connectivity index (χ2v) is 6.28. The zero-order valence-electron chi connectivity index (χ0n) is 15.5. The van der Waals surface area contributed by atoms with Crippen molar-refractivity contribution in [3.63, 3.8) is 0 Å². The van der Waals surface area contributed by atoms with Crippen molar-refractivity contribution in [3.05, 3.63) is 90.0 Å². The van der Waals surface area contributed by atoms with Crippen LogP contribution >= 0.6 is 12.2 Å². The minimum Gasteiger partial charge on any atom is -0.493 e. The molecule has 3 aromatic carbocycles. The molecule has 0 amide bonds. The molecule has 0 saturated carbocycles. The minimum atomic E-state index is 0.414. The Labute approximate surface area is 170 Å². The summed E-state index contributed by atoms with van der Waals surface area (Å²) in [4.78, 5) is 0. The highest BCUT2D eigenvalue weighted by Gasteiger charge is 2.05. The summed E-state index contributed by atoms with van der Waals surface area (Å²) in [5, 5.41) is 7.63. The molecule has 0 fully saturated rings. The van der Waals surface area contributed by atoms with E-state index >= 15 is 0 Å². The highest BCUT2D eigenvalue weighted by molar-refractivity contribution is 7.80. The average Bonchev–Trinajstić information content (AvgIpc) is 2.74. The summed E-state index contributed by atoms with van der Waals surface area (Å²) in [6.07, 6.45) is 1.67. The van der Waals surface area contributed by atoms with Crippen molar-refractivity contribution in [2.75, 3.05) is 12.4 Å². The van der Waals surface area contributed by atoms with Crippen molar-refractivity contribution >= 4 is 29.2 Å². The maximum Gasteiger partial charge on any atom is 0.191 e. The Balaban J connectivity index is 1.56. The Bertz CT molecular complexity index is 931. The van der Waals surface area contributed by atoms with Gasteiger partial charge in [-0.25, -0.2) is 0 Å². The third-order valence-corrected chi connectivity index (χ3v) is 4.03. The van der Waals surface area contributed by atoms with Crippen LogP contribution in [0, 0.1) is 0 Å². The number of ether oxygens (including phenoxy) is 2. The van der Waals surface area contributed by atoms with E-state index in [4.69, 9.17) is 21.7 Å². The number of hydrogen-bond donors (Lipinski definition) is 2. The Kier molecular flexibility index (Phi) is 6.98. The molecule has 3 aromatic rings. The summed E-state index contributed by atoms with van der Waals surface area (Å²) >= 11 is 5.22. The predicted molar refractivity (Wildman–Crippen MR) is 117 cm³/mol. The van der Waals surface area contributed by atoms with Gasteiger partial charge in [-0.2, -0.15) is 5.10 Å². The molecule has 0 aliphatic heterocycles. The summed E-state index contributed by atoms with van der Waals surface area (Å²) in [7, 11) is 1.61. The van der Waals surface area contributed by atoms with Crippen molar-refractivity contribution in [1.29, 1.82) is 0 Å². The van der Waals surface area contributed by atoms with Crippen molar-refractivity contribution in [1.82, 2.24) is 5.43 Å². The van der Waals surface area contributed by atoms with E-state index in [1.807, 2.05) is 78.9 Å². The van der Waals surface area contributed by atoms with E-state index in [1.54, 1.807) is 13.3 Å². The van der Waals surface area contributed by atoms with Crippen molar-refractivity contribution in [3.8, 4) is 11.5 Å². The molecule has 0 aromatic heterocycles. The third-order valence-electron chi connectivity index (χ3n) is 3.84. The molecule has 0 heterocycles. The summed E-state index contributed by atoms with van der Waals surface area (Å²) < 4.78 is 11.3. The van der Waals surface area contributed by atoms with Crippen LogP contribution in [0.15, 0.2) is 84.0 Å². The van der Waals surface area contributed by atoms with Crippen LogP contribution in [0.2, 0.25) is 0 Å². The van der Waals surface area contributed by atoms with E-state index in [0.29, 0.717) is 23.2 Å². The lowest BCUT2D eigenvalue weighted by Crippen LogP contribution is -2.23. The molecule has 0 aliphatic carbocycles. The summed E-state index contributed by atoms with van der Waals surface area (Å²) in [6.45, 7) is 0.478. The number of methoxy groups -OCH3 is 1. The summed E-state index contributed by atoms with van der Waals surface area (Å²) in [5.74, 6) is 1.32. The molecule has 0 aliphatic rings. The fourth-order valence-corrected chi connectivity index (χ4v) is 2.64. The first-order valence-electron chi connectivity index (χ1n) is 8.74. The standard InChI is InChI=1S/C22H21N3O2S/c1-26-21-14-18(12-13-20(21)27-16-17-8-4-2-5-9-17)15-23-25-22(28)24-19-10-6-3-7-11-19/h2-15H,16H2,1H3,(H2,24,25,28)/b23-15-. The van der Waals surface area contributed by atoms with Gasteiger partial charge in [0.05, 0.1) is 13.3 Å². The normalized spacial score (nSPS) is 10.5. The van der Waals surface area contributed by atoms with Crippen LogP contribution in [-0.2, 0) is 6.61 Å². The lowest BCUT2D eigenvalue weighted by molar-refractivity contribution is 0.284. The molecule has 3 rings (SSSR count). The van der Waals surface area contributed by atoms with Crippen LogP contribution in [0.25, 0.3) is 0 Å². The van der Waals surface area contributed by atoms with Gasteiger partial charge >= 0.3 is 0 Å².